The molecule has 7 heteroatoms. The lowest BCUT2D eigenvalue weighted by Crippen LogP contribution is -2.46. The highest BCUT2D eigenvalue weighted by atomic mass is 35.5. The Bertz CT molecular complexity index is 708. The van der Waals surface area contributed by atoms with Crippen LogP contribution in [0.15, 0.2) is 36.4 Å². The lowest BCUT2D eigenvalue weighted by Gasteiger charge is -2.32. The topological polar surface area (TPSA) is 67.3 Å². The molecule has 1 saturated heterocycles. The molecular formula is C17H19ClN4O2. The summed E-state index contributed by atoms with van der Waals surface area (Å²) in [5.74, 6) is 0.485. The summed E-state index contributed by atoms with van der Waals surface area (Å²) >= 11 is 6.08. The summed E-state index contributed by atoms with van der Waals surface area (Å²) in [7, 11) is 0. The van der Waals surface area contributed by atoms with Crippen LogP contribution in [0.25, 0.3) is 0 Å². The fourth-order valence-corrected chi connectivity index (χ4v) is 2.78. The van der Waals surface area contributed by atoms with Crippen LogP contribution in [0, 0.1) is 6.92 Å². The molecule has 2 amide bonds. The zero-order valence-electron chi connectivity index (χ0n) is 13.4. The van der Waals surface area contributed by atoms with Crippen LogP contribution in [0.3, 0.4) is 0 Å². The molecule has 0 aliphatic carbocycles. The van der Waals surface area contributed by atoms with Gasteiger partial charge in [-0.2, -0.15) is 5.10 Å². The fourth-order valence-electron chi connectivity index (χ4n) is 2.60. The molecule has 0 bridgehead atoms. The third-order valence-corrected chi connectivity index (χ3v) is 4.17. The number of amides is 2. The third-order valence-electron chi connectivity index (χ3n) is 3.84. The number of para-hydroxylation sites is 1. The second-order valence-electron chi connectivity index (χ2n) is 5.75. The molecular weight excluding hydrogens is 328 g/mol. The van der Waals surface area contributed by atoms with Crippen molar-refractivity contribution in [3.63, 3.8) is 0 Å². The zero-order chi connectivity index (χ0) is 16.9. The van der Waals surface area contributed by atoms with Crippen LogP contribution in [0.4, 0.5) is 10.5 Å². The van der Waals surface area contributed by atoms with E-state index in [4.69, 9.17) is 16.3 Å². The van der Waals surface area contributed by atoms with Crippen molar-refractivity contribution in [1.29, 1.82) is 0 Å². The molecule has 1 aromatic heterocycles. The maximum Gasteiger partial charge on any atom is 0.322 e. The summed E-state index contributed by atoms with van der Waals surface area (Å²) in [6.45, 7) is 3.07. The molecule has 0 radical (unpaired) electrons. The lowest BCUT2D eigenvalue weighted by atomic mass is 10.1. The molecule has 1 atom stereocenters. The number of urea groups is 1. The van der Waals surface area contributed by atoms with Crippen molar-refractivity contribution in [2.45, 2.75) is 25.9 Å². The van der Waals surface area contributed by atoms with Gasteiger partial charge in [-0.15, -0.1) is 5.10 Å². The lowest BCUT2D eigenvalue weighted by molar-refractivity contribution is 0.102. The Kier molecular flexibility index (Phi) is 5.15. The molecule has 1 aromatic carbocycles. The predicted molar refractivity (Wildman–Crippen MR) is 92.5 cm³/mol. The second-order valence-corrected chi connectivity index (χ2v) is 6.16. The van der Waals surface area contributed by atoms with Crippen LogP contribution in [-0.4, -0.2) is 40.3 Å². The summed E-state index contributed by atoms with van der Waals surface area (Å²) in [6, 6.07) is 10.7. The van der Waals surface area contributed by atoms with E-state index in [0.29, 0.717) is 29.7 Å². The molecule has 0 saturated carbocycles. The van der Waals surface area contributed by atoms with Crippen LogP contribution in [0.5, 0.6) is 5.88 Å². The smallest absolute Gasteiger partial charge is 0.322 e. The van der Waals surface area contributed by atoms with E-state index in [1.807, 2.05) is 25.1 Å². The highest BCUT2D eigenvalue weighted by Crippen LogP contribution is 2.22. The predicted octanol–water partition coefficient (Wildman–Crippen LogP) is 3.51. The van der Waals surface area contributed by atoms with Gasteiger partial charge in [0.15, 0.2) is 0 Å². The molecule has 1 N–H and O–H groups in total. The number of ether oxygens (including phenoxy) is 1. The van der Waals surface area contributed by atoms with Crippen molar-refractivity contribution in [2.75, 3.05) is 18.4 Å². The van der Waals surface area contributed by atoms with Crippen LogP contribution in [0.2, 0.25) is 5.02 Å². The quantitative estimate of drug-likeness (QED) is 0.923. The Balaban J connectivity index is 1.59. The minimum atomic E-state index is -0.175. The number of piperidine rings is 1. The zero-order valence-corrected chi connectivity index (χ0v) is 14.2. The Morgan fingerprint density at radius 2 is 2.12 bits per heavy atom. The molecule has 2 heterocycles. The first kappa shape index (κ1) is 16.5. The summed E-state index contributed by atoms with van der Waals surface area (Å²) in [5.41, 5.74) is 1.45. The van der Waals surface area contributed by atoms with Crippen LogP contribution >= 0.6 is 11.6 Å². The van der Waals surface area contributed by atoms with Crippen molar-refractivity contribution in [1.82, 2.24) is 15.1 Å². The van der Waals surface area contributed by atoms with Crippen molar-refractivity contribution >= 4 is 23.3 Å². The maximum absolute atomic E-state index is 12.4. The molecule has 1 aliphatic heterocycles. The van der Waals surface area contributed by atoms with E-state index in [0.717, 1.165) is 18.5 Å². The van der Waals surface area contributed by atoms with E-state index in [1.165, 1.54) is 0 Å². The second kappa shape index (κ2) is 7.49. The minimum Gasteiger partial charge on any atom is -0.471 e. The molecule has 1 unspecified atom stereocenters. The van der Waals surface area contributed by atoms with Gasteiger partial charge >= 0.3 is 6.03 Å². The van der Waals surface area contributed by atoms with Crippen LogP contribution in [-0.2, 0) is 0 Å². The van der Waals surface area contributed by atoms with Gasteiger partial charge in [-0.3, -0.25) is 0 Å². The highest BCUT2D eigenvalue weighted by molar-refractivity contribution is 6.33. The molecule has 2 aromatic rings. The number of nitrogens with zero attached hydrogens (tertiary/aromatic N) is 3. The average molecular weight is 347 g/mol. The fraction of sp³-hybridized carbons (Fsp3) is 0.353. The Morgan fingerprint density at radius 1 is 1.29 bits per heavy atom. The average Bonchev–Trinajstić information content (AvgIpc) is 2.59. The molecule has 1 aliphatic rings. The van der Waals surface area contributed by atoms with Crippen molar-refractivity contribution < 1.29 is 9.53 Å². The monoisotopic (exact) mass is 346 g/mol. The third kappa shape index (κ3) is 4.14. The Labute approximate surface area is 145 Å². The summed E-state index contributed by atoms with van der Waals surface area (Å²) in [5, 5.41) is 11.4. The molecule has 126 valence electrons. The van der Waals surface area contributed by atoms with E-state index in [2.05, 4.69) is 15.5 Å². The molecule has 1 fully saturated rings. The number of anilines is 1. The van der Waals surface area contributed by atoms with E-state index in [1.54, 1.807) is 23.1 Å². The van der Waals surface area contributed by atoms with Gasteiger partial charge in [0.1, 0.15) is 6.10 Å². The summed E-state index contributed by atoms with van der Waals surface area (Å²) in [4.78, 5) is 14.2. The first-order valence-corrected chi connectivity index (χ1v) is 8.27. The van der Waals surface area contributed by atoms with Gasteiger partial charge < -0.3 is 15.0 Å². The van der Waals surface area contributed by atoms with Gasteiger partial charge in [0, 0.05) is 12.6 Å². The first-order valence-electron chi connectivity index (χ1n) is 7.89. The van der Waals surface area contributed by atoms with Gasteiger partial charge in [-0.1, -0.05) is 23.7 Å². The number of aryl methyl sites for hydroxylation is 1. The van der Waals surface area contributed by atoms with E-state index < -0.39 is 0 Å². The SMILES string of the molecule is Cc1ccc(OC2CCCN(C(=O)Nc3ccccc3Cl)C2)nn1. The van der Waals surface area contributed by atoms with Crippen molar-refractivity contribution in [3.05, 3.63) is 47.1 Å². The first-order chi connectivity index (χ1) is 11.6. The molecule has 0 spiro atoms. The molecule has 24 heavy (non-hydrogen) atoms. The Morgan fingerprint density at radius 3 is 2.88 bits per heavy atom. The number of aromatic nitrogens is 2. The van der Waals surface area contributed by atoms with Gasteiger partial charge in [-0.25, -0.2) is 4.79 Å². The number of carbonyl (C=O) groups is 1. The summed E-state index contributed by atoms with van der Waals surface area (Å²) in [6.07, 6.45) is 1.67. The number of benzene rings is 1. The normalized spacial score (nSPS) is 17.4. The maximum atomic E-state index is 12.4. The van der Waals surface area contributed by atoms with E-state index in [9.17, 15) is 4.79 Å². The van der Waals surface area contributed by atoms with Gasteiger partial charge in [0.25, 0.3) is 0 Å². The number of rotatable bonds is 3. The molecule has 3 rings (SSSR count). The van der Waals surface area contributed by atoms with Crippen LogP contribution in [0.1, 0.15) is 18.5 Å². The Hall–Kier alpha value is -2.34. The molecule has 6 nitrogen and oxygen atoms in total. The minimum absolute atomic E-state index is 0.0900. The van der Waals surface area contributed by atoms with Gasteiger partial charge in [-0.05, 0) is 38.0 Å². The number of hydrogen-bond donors (Lipinski definition) is 1. The number of likely N-dealkylation sites (tertiary alicyclic amines) is 1. The summed E-state index contributed by atoms with van der Waals surface area (Å²) < 4.78 is 5.84. The van der Waals surface area contributed by atoms with Gasteiger partial charge in [0.05, 0.1) is 22.9 Å². The number of halogens is 1. The van der Waals surface area contributed by atoms with E-state index >= 15 is 0 Å². The number of hydrogen-bond acceptors (Lipinski definition) is 4. The standard InChI is InChI=1S/C17H19ClN4O2/c1-12-8-9-16(21-20-12)24-13-5-4-10-22(11-13)17(23)19-15-7-3-2-6-14(15)18/h2-3,6-9,13H,4-5,10-11H2,1H3,(H,19,23). The largest absolute Gasteiger partial charge is 0.471 e. The van der Waals surface area contributed by atoms with Crippen molar-refractivity contribution in [2.24, 2.45) is 0 Å². The van der Waals surface area contributed by atoms with Crippen LogP contribution < -0.4 is 10.1 Å². The van der Waals surface area contributed by atoms with Gasteiger partial charge in [0.2, 0.25) is 5.88 Å². The van der Waals surface area contributed by atoms with Crippen molar-refractivity contribution in [3.8, 4) is 5.88 Å². The highest BCUT2D eigenvalue weighted by Gasteiger charge is 2.25. The van der Waals surface area contributed by atoms with E-state index in [-0.39, 0.29) is 12.1 Å². The number of carbonyl (C=O) groups excluding carboxylic acids is 1. The number of nitrogens with one attached hydrogen (secondary N) is 1.